The molecule has 1 atom stereocenters. The summed E-state index contributed by atoms with van der Waals surface area (Å²) in [4.78, 5) is 27.0. The number of benzene rings is 2. The molecular formula is C20H20Cl3N3O2. The fourth-order valence-electron chi connectivity index (χ4n) is 3.84. The quantitative estimate of drug-likeness (QED) is 0.706. The summed E-state index contributed by atoms with van der Waals surface area (Å²) in [5, 5.41) is 4.19. The lowest BCUT2D eigenvalue weighted by Crippen LogP contribution is -2.57. The molecule has 28 heavy (non-hydrogen) atoms. The molecule has 2 aromatic carbocycles. The molecule has 5 nitrogen and oxygen atoms in total. The van der Waals surface area contributed by atoms with Gasteiger partial charge in [0.2, 0.25) is 11.8 Å². The molecule has 1 aliphatic heterocycles. The maximum Gasteiger partial charge on any atom is 0.250 e. The van der Waals surface area contributed by atoms with Gasteiger partial charge in [0.25, 0.3) is 0 Å². The zero-order valence-electron chi connectivity index (χ0n) is 15.4. The predicted molar refractivity (Wildman–Crippen MR) is 113 cm³/mol. The lowest BCUT2D eigenvalue weighted by Gasteiger charge is -2.42. The molecule has 3 N–H and O–H groups in total. The topological polar surface area (TPSA) is 75.4 Å². The van der Waals surface area contributed by atoms with Crippen LogP contribution in [0.1, 0.15) is 25.0 Å². The first-order valence-corrected chi connectivity index (χ1v) is 9.89. The van der Waals surface area contributed by atoms with Gasteiger partial charge in [0.15, 0.2) is 0 Å². The first-order valence-electron chi connectivity index (χ1n) is 8.75. The third kappa shape index (κ3) is 3.72. The standard InChI is InChI=1S/C20H20Cl3N3O2/c1-11(2)26(10-17(24)27)20(9-12-4-3-5-13(21)6-12)18-15(23)7-14(22)8-16(18)25-19(20)28/h3-8,11H,9-10H2,1-2H3,(H2,24,27)(H,25,28). The number of halogens is 3. The number of nitrogens with two attached hydrogens (primary N) is 1. The Kier molecular flexibility index (Phi) is 5.92. The largest absolute Gasteiger partial charge is 0.369 e. The van der Waals surface area contributed by atoms with Gasteiger partial charge in [-0.25, -0.2) is 0 Å². The number of carbonyl (C=O) groups excluding carboxylic acids is 2. The summed E-state index contributed by atoms with van der Waals surface area (Å²) in [6, 6.07) is 10.3. The molecular weight excluding hydrogens is 421 g/mol. The van der Waals surface area contributed by atoms with Crippen LogP contribution in [0.15, 0.2) is 36.4 Å². The van der Waals surface area contributed by atoms with E-state index >= 15 is 0 Å². The SMILES string of the molecule is CC(C)N(CC(N)=O)C1(Cc2cccc(Cl)c2)C(=O)Nc2cc(Cl)cc(Cl)c21. The van der Waals surface area contributed by atoms with Crippen molar-refractivity contribution in [3.63, 3.8) is 0 Å². The van der Waals surface area contributed by atoms with Crippen molar-refractivity contribution < 1.29 is 9.59 Å². The van der Waals surface area contributed by atoms with Crippen molar-refractivity contribution in [2.75, 3.05) is 11.9 Å². The van der Waals surface area contributed by atoms with Gasteiger partial charge in [-0.1, -0.05) is 46.9 Å². The molecule has 0 radical (unpaired) electrons. The summed E-state index contributed by atoms with van der Waals surface area (Å²) in [5.41, 5.74) is 6.22. The van der Waals surface area contributed by atoms with E-state index in [1.165, 1.54) is 0 Å². The van der Waals surface area contributed by atoms with Crippen LogP contribution < -0.4 is 11.1 Å². The molecule has 0 saturated heterocycles. The molecule has 0 aromatic heterocycles. The second-order valence-corrected chi connectivity index (χ2v) is 8.40. The van der Waals surface area contributed by atoms with Crippen LogP contribution in [0.4, 0.5) is 5.69 Å². The van der Waals surface area contributed by atoms with Crippen molar-refractivity contribution in [1.82, 2.24) is 4.90 Å². The van der Waals surface area contributed by atoms with E-state index in [4.69, 9.17) is 40.5 Å². The molecule has 0 saturated carbocycles. The minimum atomic E-state index is -1.23. The number of carbonyl (C=O) groups is 2. The van der Waals surface area contributed by atoms with Crippen molar-refractivity contribution in [2.45, 2.75) is 31.8 Å². The number of hydrogen-bond donors (Lipinski definition) is 2. The maximum atomic E-state index is 13.4. The maximum absolute atomic E-state index is 13.4. The van der Waals surface area contributed by atoms with Crippen molar-refractivity contribution in [3.8, 4) is 0 Å². The van der Waals surface area contributed by atoms with Gasteiger partial charge >= 0.3 is 0 Å². The molecule has 0 aliphatic carbocycles. The van der Waals surface area contributed by atoms with Crippen molar-refractivity contribution in [2.24, 2.45) is 5.73 Å². The molecule has 2 aromatic rings. The van der Waals surface area contributed by atoms with E-state index in [0.29, 0.717) is 26.3 Å². The van der Waals surface area contributed by atoms with Crippen LogP contribution in [0, 0.1) is 0 Å². The van der Waals surface area contributed by atoms with Crippen LogP contribution in [0.2, 0.25) is 15.1 Å². The van der Waals surface area contributed by atoms with E-state index in [1.807, 2.05) is 26.0 Å². The van der Waals surface area contributed by atoms with Gasteiger partial charge in [0, 0.05) is 38.8 Å². The van der Waals surface area contributed by atoms with Crippen LogP contribution >= 0.6 is 34.8 Å². The van der Waals surface area contributed by atoms with Gasteiger partial charge in [-0.05, 0) is 43.7 Å². The number of nitrogens with zero attached hydrogens (tertiary/aromatic N) is 1. The van der Waals surface area contributed by atoms with Crippen LogP contribution in [-0.4, -0.2) is 29.3 Å². The average Bonchev–Trinajstić information content (AvgIpc) is 2.84. The predicted octanol–water partition coefficient (Wildman–Crippen LogP) is 4.23. The molecule has 1 unspecified atom stereocenters. The Morgan fingerprint density at radius 2 is 1.89 bits per heavy atom. The lowest BCUT2D eigenvalue weighted by molar-refractivity contribution is -0.132. The highest BCUT2D eigenvalue weighted by atomic mass is 35.5. The number of amides is 2. The molecule has 148 valence electrons. The van der Waals surface area contributed by atoms with Crippen LogP contribution in [0.3, 0.4) is 0 Å². The van der Waals surface area contributed by atoms with E-state index in [-0.39, 0.29) is 24.9 Å². The molecule has 8 heteroatoms. The highest BCUT2D eigenvalue weighted by Gasteiger charge is 2.53. The van der Waals surface area contributed by atoms with Crippen LogP contribution in [0.5, 0.6) is 0 Å². The normalized spacial score (nSPS) is 18.5. The molecule has 1 heterocycles. The Hall–Kier alpha value is -1.79. The highest BCUT2D eigenvalue weighted by molar-refractivity contribution is 6.36. The Morgan fingerprint density at radius 3 is 2.50 bits per heavy atom. The lowest BCUT2D eigenvalue weighted by atomic mass is 9.82. The minimum Gasteiger partial charge on any atom is -0.369 e. The molecule has 0 spiro atoms. The number of nitrogens with one attached hydrogen (secondary N) is 1. The minimum absolute atomic E-state index is 0.107. The summed E-state index contributed by atoms with van der Waals surface area (Å²) in [5.74, 6) is -0.827. The smallest absolute Gasteiger partial charge is 0.250 e. The van der Waals surface area contributed by atoms with E-state index in [0.717, 1.165) is 5.56 Å². The second-order valence-electron chi connectivity index (χ2n) is 7.12. The van der Waals surface area contributed by atoms with Gasteiger partial charge in [-0.15, -0.1) is 0 Å². The Bertz CT molecular complexity index is 948. The second kappa shape index (κ2) is 7.91. The number of rotatable bonds is 6. The fourth-order valence-corrected chi connectivity index (χ4v) is 4.71. The average molecular weight is 441 g/mol. The van der Waals surface area contributed by atoms with Gasteiger partial charge in [0.1, 0.15) is 5.54 Å². The van der Waals surface area contributed by atoms with Crippen LogP contribution in [0.25, 0.3) is 0 Å². The Morgan fingerprint density at radius 1 is 1.18 bits per heavy atom. The first kappa shape index (κ1) is 20.9. The monoisotopic (exact) mass is 439 g/mol. The van der Waals surface area contributed by atoms with Crippen molar-refractivity contribution >= 4 is 52.3 Å². The molecule has 2 amide bonds. The van der Waals surface area contributed by atoms with E-state index in [2.05, 4.69) is 5.32 Å². The summed E-state index contributed by atoms with van der Waals surface area (Å²) >= 11 is 18.9. The fraction of sp³-hybridized carbons (Fsp3) is 0.300. The summed E-state index contributed by atoms with van der Waals surface area (Å²) < 4.78 is 0. The third-order valence-corrected chi connectivity index (χ3v) is 5.63. The summed E-state index contributed by atoms with van der Waals surface area (Å²) in [6.45, 7) is 3.69. The van der Waals surface area contributed by atoms with E-state index in [9.17, 15) is 9.59 Å². The molecule has 0 bridgehead atoms. The zero-order valence-corrected chi connectivity index (χ0v) is 17.7. The van der Waals surface area contributed by atoms with Crippen LogP contribution in [-0.2, 0) is 21.5 Å². The van der Waals surface area contributed by atoms with Gasteiger partial charge in [-0.3, -0.25) is 14.5 Å². The molecule has 3 rings (SSSR count). The van der Waals surface area contributed by atoms with E-state index < -0.39 is 11.4 Å². The molecule has 0 fully saturated rings. The summed E-state index contributed by atoms with van der Waals surface area (Å²) in [7, 11) is 0. The number of fused-ring (bicyclic) bond motifs is 1. The number of anilines is 1. The zero-order chi connectivity index (χ0) is 20.6. The van der Waals surface area contributed by atoms with Gasteiger partial charge in [0.05, 0.1) is 6.54 Å². The van der Waals surface area contributed by atoms with Gasteiger partial charge < -0.3 is 11.1 Å². The van der Waals surface area contributed by atoms with E-state index in [1.54, 1.807) is 29.2 Å². The number of primary amides is 1. The van der Waals surface area contributed by atoms with Gasteiger partial charge in [-0.2, -0.15) is 0 Å². The first-order chi connectivity index (χ1) is 13.1. The Balaban J connectivity index is 2.27. The van der Waals surface area contributed by atoms with Crippen molar-refractivity contribution in [1.29, 1.82) is 0 Å². The Labute approximate surface area is 178 Å². The summed E-state index contributed by atoms with van der Waals surface area (Å²) in [6.07, 6.45) is 0.263. The highest BCUT2D eigenvalue weighted by Crippen LogP contribution is 2.48. The van der Waals surface area contributed by atoms with Crippen molar-refractivity contribution in [3.05, 3.63) is 62.6 Å². The number of hydrogen-bond acceptors (Lipinski definition) is 3. The third-order valence-electron chi connectivity index (χ3n) is 4.88. The molecule has 1 aliphatic rings.